The van der Waals surface area contributed by atoms with Gasteiger partial charge in [-0.1, -0.05) is 48.5 Å². The molecule has 0 bridgehead atoms. The van der Waals surface area contributed by atoms with Crippen LogP contribution in [0.25, 0.3) is 10.9 Å². The highest BCUT2D eigenvalue weighted by atomic mass is 16.6. The molecule has 0 spiro atoms. The molecule has 8 nitrogen and oxygen atoms in total. The summed E-state index contributed by atoms with van der Waals surface area (Å²) >= 11 is 0. The first kappa shape index (κ1) is 21.9. The van der Waals surface area contributed by atoms with Gasteiger partial charge in [0.1, 0.15) is 18.7 Å². The number of H-pyrrole nitrogens is 1. The number of hydrogen-bond donors (Lipinski definition) is 3. The summed E-state index contributed by atoms with van der Waals surface area (Å²) in [5, 5.41) is 13.0. The normalized spacial score (nSPS) is 12.7. The van der Waals surface area contributed by atoms with E-state index in [2.05, 4.69) is 10.3 Å². The van der Waals surface area contributed by atoms with Crippen molar-refractivity contribution in [1.29, 1.82) is 0 Å². The number of hydrogen-bond acceptors (Lipinski definition) is 4. The molecule has 2 atom stereocenters. The Balaban J connectivity index is 1.60. The molecule has 0 aliphatic heterocycles. The van der Waals surface area contributed by atoms with Gasteiger partial charge in [-0.25, -0.2) is 9.59 Å². The number of aromatic amines is 1. The summed E-state index contributed by atoms with van der Waals surface area (Å²) in [5.74, 6) is -1.73. The van der Waals surface area contributed by atoms with Crippen LogP contribution in [0.4, 0.5) is 4.79 Å². The van der Waals surface area contributed by atoms with Crippen LogP contribution >= 0.6 is 0 Å². The van der Waals surface area contributed by atoms with Crippen LogP contribution in [-0.4, -0.2) is 52.1 Å². The molecule has 0 saturated carbocycles. The molecule has 1 heterocycles. The smallest absolute Gasteiger partial charge is 0.410 e. The van der Waals surface area contributed by atoms with Crippen LogP contribution in [0.3, 0.4) is 0 Å². The summed E-state index contributed by atoms with van der Waals surface area (Å²) in [6.45, 7) is 1.60. The van der Waals surface area contributed by atoms with E-state index in [1.807, 2.05) is 54.6 Å². The quantitative estimate of drug-likeness (QED) is 0.516. The van der Waals surface area contributed by atoms with Gasteiger partial charge in [-0.3, -0.25) is 9.69 Å². The highest BCUT2D eigenvalue weighted by Gasteiger charge is 2.28. The topological polar surface area (TPSA) is 112 Å². The molecule has 162 valence electrons. The van der Waals surface area contributed by atoms with E-state index >= 15 is 0 Å². The van der Waals surface area contributed by atoms with E-state index < -0.39 is 30.1 Å². The van der Waals surface area contributed by atoms with Gasteiger partial charge in [-0.2, -0.15) is 0 Å². The number of nitrogens with zero attached hydrogens (tertiary/aromatic N) is 1. The maximum Gasteiger partial charge on any atom is 0.410 e. The Morgan fingerprint density at radius 1 is 1.10 bits per heavy atom. The van der Waals surface area contributed by atoms with Crippen LogP contribution in [0.1, 0.15) is 18.1 Å². The van der Waals surface area contributed by atoms with Crippen molar-refractivity contribution in [2.24, 2.45) is 0 Å². The summed E-state index contributed by atoms with van der Waals surface area (Å²) in [6.07, 6.45) is 1.18. The Kier molecular flexibility index (Phi) is 6.92. The fourth-order valence-corrected chi connectivity index (χ4v) is 3.17. The standard InChI is InChI=1S/C23H25N3O5/c1-15(26(2)23(30)31-14-16-8-4-3-5-9-16)21(27)25-20(22(28)29)12-17-13-24-19-11-7-6-10-18(17)19/h3-11,13,15,20,24H,12,14H2,1-2H3,(H,25,27)(H,28,29)/t15-,20-/m0/s1. The van der Waals surface area contributed by atoms with Gasteiger partial charge in [0, 0.05) is 30.6 Å². The fraction of sp³-hybridized carbons (Fsp3) is 0.261. The lowest BCUT2D eigenvalue weighted by atomic mass is 10.0. The lowest BCUT2D eigenvalue weighted by Gasteiger charge is -2.25. The van der Waals surface area contributed by atoms with E-state index in [1.54, 1.807) is 6.20 Å². The highest BCUT2D eigenvalue weighted by molar-refractivity contribution is 5.90. The zero-order valence-electron chi connectivity index (χ0n) is 17.4. The van der Waals surface area contributed by atoms with E-state index in [1.165, 1.54) is 14.0 Å². The third-order valence-corrected chi connectivity index (χ3v) is 5.17. The SMILES string of the molecule is C[C@@H](C(=O)N[C@@H](Cc1c[nH]c2ccccc12)C(=O)O)N(C)C(=O)OCc1ccccc1. The molecule has 1 aromatic heterocycles. The molecule has 0 unspecified atom stereocenters. The van der Waals surface area contributed by atoms with Crippen molar-refractivity contribution in [3.63, 3.8) is 0 Å². The molecule has 0 saturated heterocycles. The third-order valence-electron chi connectivity index (χ3n) is 5.17. The van der Waals surface area contributed by atoms with Crippen LogP contribution in [0.5, 0.6) is 0 Å². The van der Waals surface area contributed by atoms with Crippen molar-refractivity contribution in [3.05, 3.63) is 71.9 Å². The van der Waals surface area contributed by atoms with E-state index in [-0.39, 0.29) is 13.0 Å². The molecule has 0 aliphatic carbocycles. The average molecular weight is 423 g/mol. The number of ether oxygens (including phenoxy) is 1. The lowest BCUT2D eigenvalue weighted by Crippen LogP contribution is -2.51. The first-order valence-corrected chi connectivity index (χ1v) is 9.88. The molecule has 0 radical (unpaired) electrons. The second kappa shape index (κ2) is 9.80. The zero-order chi connectivity index (χ0) is 22.4. The van der Waals surface area contributed by atoms with E-state index in [0.717, 1.165) is 26.9 Å². The number of carbonyl (C=O) groups is 3. The summed E-state index contributed by atoms with van der Waals surface area (Å²) in [4.78, 5) is 40.9. The van der Waals surface area contributed by atoms with Crippen molar-refractivity contribution in [3.8, 4) is 0 Å². The van der Waals surface area contributed by atoms with Crippen molar-refractivity contribution in [1.82, 2.24) is 15.2 Å². The second-order valence-corrected chi connectivity index (χ2v) is 7.29. The van der Waals surface area contributed by atoms with Crippen molar-refractivity contribution in [2.75, 3.05) is 7.05 Å². The first-order chi connectivity index (χ1) is 14.9. The molecular formula is C23H25N3O5. The molecule has 2 amide bonds. The summed E-state index contributed by atoms with van der Waals surface area (Å²) < 4.78 is 5.23. The maximum absolute atomic E-state index is 12.6. The number of fused-ring (bicyclic) bond motifs is 1. The number of carboxylic acid groups (broad SMARTS) is 1. The zero-order valence-corrected chi connectivity index (χ0v) is 17.4. The number of nitrogens with one attached hydrogen (secondary N) is 2. The lowest BCUT2D eigenvalue weighted by molar-refractivity contribution is -0.142. The minimum atomic E-state index is -1.15. The molecule has 0 aliphatic rings. The number of carboxylic acids is 1. The predicted molar refractivity (Wildman–Crippen MR) is 115 cm³/mol. The average Bonchev–Trinajstić information content (AvgIpc) is 3.19. The summed E-state index contributed by atoms with van der Waals surface area (Å²) in [6, 6.07) is 14.7. The molecule has 3 rings (SSSR count). The molecule has 0 fully saturated rings. The molecule has 31 heavy (non-hydrogen) atoms. The number of aliphatic carboxylic acids is 1. The largest absolute Gasteiger partial charge is 0.480 e. The number of rotatable bonds is 8. The van der Waals surface area contributed by atoms with E-state index in [9.17, 15) is 19.5 Å². The Bertz CT molecular complexity index is 1060. The second-order valence-electron chi connectivity index (χ2n) is 7.29. The summed E-state index contributed by atoms with van der Waals surface area (Å²) in [5.41, 5.74) is 2.50. The third kappa shape index (κ3) is 5.42. The van der Waals surface area contributed by atoms with Crippen LogP contribution in [0.15, 0.2) is 60.8 Å². The Labute approximate surface area is 179 Å². The Morgan fingerprint density at radius 2 is 1.77 bits per heavy atom. The number of amides is 2. The first-order valence-electron chi connectivity index (χ1n) is 9.88. The molecular weight excluding hydrogens is 398 g/mol. The van der Waals surface area contributed by atoms with Gasteiger partial charge < -0.3 is 20.1 Å². The van der Waals surface area contributed by atoms with Crippen LogP contribution in [-0.2, 0) is 27.4 Å². The van der Waals surface area contributed by atoms with E-state index in [0.29, 0.717) is 0 Å². The minimum absolute atomic E-state index is 0.0800. The minimum Gasteiger partial charge on any atom is -0.480 e. The van der Waals surface area contributed by atoms with Crippen LogP contribution in [0.2, 0.25) is 0 Å². The number of likely N-dealkylation sites (N-methyl/N-ethyl adjacent to an activating group) is 1. The fourth-order valence-electron chi connectivity index (χ4n) is 3.17. The van der Waals surface area contributed by atoms with Gasteiger partial charge in [0.25, 0.3) is 0 Å². The van der Waals surface area contributed by atoms with Crippen LogP contribution in [0, 0.1) is 0 Å². The Morgan fingerprint density at radius 3 is 2.48 bits per heavy atom. The number of aromatic nitrogens is 1. The van der Waals surface area contributed by atoms with Crippen LogP contribution < -0.4 is 5.32 Å². The van der Waals surface area contributed by atoms with Gasteiger partial charge in [0.05, 0.1) is 0 Å². The van der Waals surface area contributed by atoms with Crippen molar-refractivity contribution in [2.45, 2.75) is 32.0 Å². The number of benzene rings is 2. The van der Waals surface area contributed by atoms with Gasteiger partial charge >= 0.3 is 12.1 Å². The van der Waals surface area contributed by atoms with Crippen molar-refractivity contribution < 1.29 is 24.2 Å². The molecule has 8 heteroatoms. The van der Waals surface area contributed by atoms with Crippen molar-refractivity contribution >= 4 is 28.9 Å². The molecule has 2 aromatic carbocycles. The summed E-state index contributed by atoms with van der Waals surface area (Å²) in [7, 11) is 1.44. The monoisotopic (exact) mass is 423 g/mol. The van der Waals surface area contributed by atoms with Gasteiger partial charge in [-0.15, -0.1) is 0 Å². The molecule has 3 aromatic rings. The van der Waals surface area contributed by atoms with E-state index in [4.69, 9.17) is 4.74 Å². The highest BCUT2D eigenvalue weighted by Crippen LogP contribution is 2.19. The van der Waals surface area contributed by atoms with Gasteiger partial charge in [-0.05, 0) is 24.1 Å². The van der Waals surface area contributed by atoms with Gasteiger partial charge in [0.15, 0.2) is 0 Å². The maximum atomic E-state index is 12.6. The Hall–Kier alpha value is -3.81. The number of para-hydroxylation sites is 1. The molecule has 3 N–H and O–H groups in total. The number of carbonyl (C=O) groups excluding carboxylic acids is 2. The van der Waals surface area contributed by atoms with Gasteiger partial charge in [0.2, 0.25) is 5.91 Å². The predicted octanol–water partition coefficient (Wildman–Crippen LogP) is 2.94.